The van der Waals surface area contributed by atoms with E-state index in [2.05, 4.69) is 4.98 Å². The number of rotatable bonds is 5. The summed E-state index contributed by atoms with van der Waals surface area (Å²) in [4.78, 5) is 25.8. The minimum atomic E-state index is -1.13. The van der Waals surface area contributed by atoms with E-state index in [-0.39, 0.29) is 22.9 Å². The topological polar surface area (TPSA) is 103 Å². The maximum atomic E-state index is 11.1. The fourth-order valence-electron chi connectivity index (χ4n) is 1.68. The number of aromatic carboxylic acids is 1. The molecule has 0 saturated carbocycles. The predicted octanol–water partition coefficient (Wildman–Crippen LogP) is 2.56. The van der Waals surface area contributed by atoms with Gasteiger partial charge in [0.25, 0.3) is 5.69 Å². The molecule has 2 aromatic rings. The summed E-state index contributed by atoms with van der Waals surface area (Å²) < 4.78 is 4.89. The second kappa shape index (κ2) is 5.76. The van der Waals surface area contributed by atoms with Crippen molar-refractivity contribution in [3.05, 3.63) is 45.0 Å². The van der Waals surface area contributed by atoms with Crippen molar-refractivity contribution in [2.45, 2.75) is 6.61 Å². The van der Waals surface area contributed by atoms with Crippen LogP contribution in [0.15, 0.2) is 24.3 Å². The molecule has 1 N–H and O–H groups in total. The Hall–Kier alpha value is -2.32. The van der Waals surface area contributed by atoms with Gasteiger partial charge in [-0.3, -0.25) is 10.1 Å². The van der Waals surface area contributed by atoms with Crippen molar-refractivity contribution in [1.29, 1.82) is 0 Å². The Labute approximate surface area is 117 Å². The van der Waals surface area contributed by atoms with Crippen LogP contribution < -0.4 is 0 Å². The van der Waals surface area contributed by atoms with E-state index < -0.39 is 10.9 Å². The standard InChI is InChI=1S/C12H10N2O5S/c1-19-6-8-10(12(15)16)20-11(13-8)7-4-2-3-5-9(7)14(17)18/h2-5H,6H2,1H3,(H,15,16). The van der Waals surface area contributed by atoms with E-state index in [1.807, 2.05) is 0 Å². The third-order valence-corrected chi connectivity index (χ3v) is 3.62. The van der Waals surface area contributed by atoms with Crippen LogP contribution in [0.3, 0.4) is 0 Å². The number of nitro groups is 1. The maximum absolute atomic E-state index is 11.1. The Morgan fingerprint density at radius 2 is 2.20 bits per heavy atom. The first-order chi connectivity index (χ1) is 9.54. The average molecular weight is 294 g/mol. The first kappa shape index (κ1) is 14.1. The molecule has 2 rings (SSSR count). The summed E-state index contributed by atoms with van der Waals surface area (Å²) in [6.07, 6.45) is 0. The van der Waals surface area contributed by atoms with Crippen LogP contribution in [0.5, 0.6) is 0 Å². The van der Waals surface area contributed by atoms with Crippen LogP contribution in [0.25, 0.3) is 10.6 Å². The lowest BCUT2D eigenvalue weighted by molar-refractivity contribution is -0.384. The minimum Gasteiger partial charge on any atom is -0.477 e. The normalized spacial score (nSPS) is 10.4. The van der Waals surface area contributed by atoms with Crippen LogP contribution in [0, 0.1) is 10.1 Å². The smallest absolute Gasteiger partial charge is 0.347 e. The zero-order valence-corrected chi connectivity index (χ0v) is 11.2. The lowest BCUT2D eigenvalue weighted by Gasteiger charge is -1.98. The summed E-state index contributed by atoms with van der Waals surface area (Å²) in [5.74, 6) is -1.13. The van der Waals surface area contributed by atoms with Crippen LogP contribution >= 0.6 is 11.3 Å². The van der Waals surface area contributed by atoms with Crippen molar-refractivity contribution < 1.29 is 19.6 Å². The van der Waals surface area contributed by atoms with Crippen molar-refractivity contribution >= 4 is 23.0 Å². The molecule has 0 aliphatic rings. The Kier molecular flexibility index (Phi) is 4.06. The summed E-state index contributed by atoms with van der Waals surface area (Å²) in [5.41, 5.74) is 0.452. The number of hydrogen-bond acceptors (Lipinski definition) is 6. The number of nitro benzene ring substituents is 1. The fourth-order valence-corrected chi connectivity index (χ4v) is 2.62. The highest BCUT2D eigenvalue weighted by molar-refractivity contribution is 7.17. The molecule has 20 heavy (non-hydrogen) atoms. The highest BCUT2D eigenvalue weighted by Gasteiger charge is 2.22. The van der Waals surface area contributed by atoms with Crippen molar-refractivity contribution in [2.24, 2.45) is 0 Å². The number of aromatic nitrogens is 1. The Balaban J connectivity index is 2.56. The van der Waals surface area contributed by atoms with E-state index in [0.29, 0.717) is 10.6 Å². The molecule has 0 aliphatic heterocycles. The van der Waals surface area contributed by atoms with Gasteiger partial charge < -0.3 is 9.84 Å². The van der Waals surface area contributed by atoms with E-state index in [4.69, 9.17) is 9.84 Å². The van der Waals surface area contributed by atoms with Gasteiger partial charge in [0.05, 0.1) is 22.8 Å². The molecule has 0 atom stereocenters. The number of benzene rings is 1. The molecule has 0 radical (unpaired) electrons. The van der Waals surface area contributed by atoms with Crippen molar-refractivity contribution in [2.75, 3.05) is 7.11 Å². The fraction of sp³-hybridized carbons (Fsp3) is 0.167. The number of methoxy groups -OCH3 is 1. The number of thiazole rings is 1. The Morgan fingerprint density at radius 1 is 1.50 bits per heavy atom. The first-order valence-corrected chi connectivity index (χ1v) is 6.32. The van der Waals surface area contributed by atoms with Gasteiger partial charge in [0.1, 0.15) is 9.88 Å². The highest BCUT2D eigenvalue weighted by Crippen LogP contribution is 2.34. The third-order valence-electron chi connectivity index (χ3n) is 2.50. The molecule has 0 unspecified atom stereocenters. The average Bonchev–Trinajstić information content (AvgIpc) is 2.83. The van der Waals surface area contributed by atoms with Gasteiger partial charge in [-0.1, -0.05) is 12.1 Å². The monoisotopic (exact) mass is 294 g/mol. The van der Waals surface area contributed by atoms with Gasteiger partial charge in [0.15, 0.2) is 0 Å². The molecule has 0 fully saturated rings. The second-order valence-electron chi connectivity index (χ2n) is 3.81. The number of ether oxygens (including phenoxy) is 1. The van der Waals surface area contributed by atoms with Crippen LogP contribution in [0.4, 0.5) is 5.69 Å². The van der Waals surface area contributed by atoms with Crippen molar-refractivity contribution in [1.82, 2.24) is 4.98 Å². The van der Waals surface area contributed by atoms with Gasteiger partial charge in [-0.05, 0) is 6.07 Å². The summed E-state index contributed by atoms with van der Waals surface area (Å²) in [7, 11) is 1.43. The van der Waals surface area contributed by atoms with Gasteiger partial charge >= 0.3 is 5.97 Å². The SMILES string of the molecule is COCc1nc(-c2ccccc2[N+](=O)[O-])sc1C(=O)O. The van der Waals surface area contributed by atoms with Gasteiger partial charge in [-0.2, -0.15) is 0 Å². The van der Waals surface area contributed by atoms with Crippen molar-refractivity contribution in [3.8, 4) is 10.6 Å². The molecule has 1 aromatic carbocycles. The lowest BCUT2D eigenvalue weighted by Crippen LogP contribution is -1.99. The van der Waals surface area contributed by atoms with Crippen LogP contribution in [0.2, 0.25) is 0 Å². The minimum absolute atomic E-state index is 0.0278. The third kappa shape index (κ3) is 2.65. The largest absolute Gasteiger partial charge is 0.477 e. The Bertz CT molecular complexity index is 668. The summed E-state index contributed by atoms with van der Waals surface area (Å²) in [5, 5.41) is 20.4. The number of carboxylic acid groups (broad SMARTS) is 1. The van der Waals surface area contributed by atoms with Gasteiger partial charge in [-0.15, -0.1) is 11.3 Å². The van der Waals surface area contributed by atoms with Crippen LogP contribution in [-0.2, 0) is 11.3 Å². The zero-order valence-electron chi connectivity index (χ0n) is 10.4. The quantitative estimate of drug-likeness (QED) is 0.671. The Morgan fingerprint density at radius 3 is 2.80 bits per heavy atom. The summed E-state index contributed by atoms with van der Waals surface area (Å²) in [6, 6.07) is 6.08. The number of carboxylic acids is 1. The molecule has 0 bridgehead atoms. The van der Waals surface area contributed by atoms with E-state index >= 15 is 0 Å². The lowest BCUT2D eigenvalue weighted by atomic mass is 10.2. The molecule has 0 spiro atoms. The second-order valence-corrected chi connectivity index (χ2v) is 4.81. The van der Waals surface area contributed by atoms with Crippen LogP contribution in [-0.4, -0.2) is 28.1 Å². The van der Waals surface area contributed by atoms with E-state index in [9.17, 15) is 14.9 Å². The molecule has 7 nitrogen and oxygen atoms in total. The highest BCUT2D eigenvalue weighted by atomic mass is 32.1. The summed E-state index contributed by atoms with van der Waals surface area (Å²) >= 11 is 0.897. The number of nitrogens with zero attached hydrogens (tertiary/aromatic N) is 2. The molecule has 1 aromatic heterocycles. The maximum Gasteiger partial charge on any atom is 0.347 e. The van der Waals surface area contributed by atoms with Gasteiger partial charge in [0, 0.05) is 13.2 Å². The molecule has 0 saturated heterocycles. The van der Waals surface area contributed by atoms with Crippen molar-refractivity contribution in [3.63, 3.8) is 0 Å². The van der Waals surface area contributed by atoms with Gasteiger partial charge in [0.2, 0.25) is 0 Å². The molecule has 1 heterocycles. The molecule has 104 valence electrons. The number of carbonyl (C=O) groups is 1. The van der Waals surface area contributed by atoms with E-state index in [1.165, 1.54) is 13.2 Å². The van der Waals surface area contributed by atoms with E-state index in [0.717, 1.165) is 11.3 Å². The number of para-hydroxylation sites is 1. The molecule has 8 heteroatoms. The predicted molar refractivity (Wildman–Crippen MR) is 71.9 cm³/mol. The number of hydrogen-bond donors (Lipinski definition) is 1. The molecule has 0 amide bonds. The summed E-state index contributed by atoms with van der Waals surface area (Å²) in [6.45, 7) is 0.0404. The molecule has 0 aliphatic carbocycles. The molecular weight excluding hydrogens is 284 g/mol. The van der Waals surface area contributed by atoms with Crippen LogP contribution in [0.1, 0.15) is 15.4 Å². The van der Waals surface area contributed by atoms with E-state index in [1.54, 1.807) is 18.2 Å². The molecular formula is C12H10N2O5S. The van der Waals surface area contributed by atoms with Gasteiger partial charge in [-0.25, -0.2) is 9.78 Å². The zero-order chi connectivity index (χ0) is 14.7. The first-order valence-electron chi connectivity index (χ1n) is 5.50.